The van der Waals surface area contributed by atoms with Crippen LogP contribution in [-0.2, 0) is 19.3 Å². The summed E-state index contributed by atoms with van der Waals surface area (Å²) in [5.41, 5.74) is 9.96. The van der Waals surface area contributed by atoms with E-state index in [-0.39, 0.29) is 5.78 Å². The second kappa shape index (κ2) is 12.1. The van der Waals surface area contributed by atoms with Crippen molar-refractivity contribution in [3.05, 3.63) is 86.8 Å². The van der Waals surface area contributed by atoms with Crippen molar-refractivity contribution in [1.82, 2.24) is 0 Å². The number of hydrogen-bond donors (Lipinski definition) is 1. The summed E-state index contributed by atoms with van der Waals surface area (Å²) in [6.07, 6.45) is 11.0. The summed E-state index contributed by atoms with van der Waals surface area (Å²) in [5, 5.41) is 1.02. The van der Waals surface area contributed by atoms with Gasteiger partial charge in [-0.2, -0.15) is 0 Å². The Balaban J connectivity index is 1.51. The highest BCUT2D eigenvalue weighted by Crippen LogP contribution is 2.30. The molecule has 3 rings (SSSR count). The van der Waals surface area contributed by atoms with E-state index >= 15 is 0 Å². The normalized spacial score (nSPS) is 11.0. The quantitative estimate of drug-likeness (QED) is 0.223. The molecular weight excluding hydrogens is 422 g/mol. The molecule has 0 amide bonds. The number of aryl methyl sites for hydroxylation is 3. The molecular formula is C27H32ClNOS. The highest BCUT2D eigenvalue weighted by atomic mass is 35.5. The lowest BCUT2D eigenvalue weighted by Crippen LogP contribution is -2.03. The number of halogens is 1. The van der Waals surface area contributed by atoms with Crippen LogP contribution in [0.5, 0.6) is 0 Å². The minimum absolute atomic E-state index is 0.107. The Bertz CT molecular complexity index is 977. The molecule has 0 saturated heterocycles. The van der Waals surface area contributed by atoms with Gasteiger partial charge in [0.2, 0.25) is 0 Å². The Kier molecular flexibility index (Phi) is 9.17. The molecule has 31 heavy (non-hydrogen) atoms. The van der Waals surface area contributed by atoms with Crippen molar-refractivity contribution in [3.8, 4) is 0 Å². The number of benzene rings is 2. The second-order valence-electron chi connectivity index (χ2n) is 8.13. The summed E-state index contributed by atoms with van der Waals surface area (Å²) >= 11 is 7.68. The number of ketones is 1. The van der Waals surface area contributed by atoms with E-state index in [1.54, 1.807) is 12.1 Å². The highest BCUT2D eigenvalue weighted by Gasteiger charge is 2.18. The number of thiophene rings is 1. The number of carbonyl (C=O) groups excluding carboxylic acids is 1. The molecule has 0 bridgehead atoms. The SMILES string of the molecule is CCCCCCCCc1ccc(CCc2cc(C(=O)c3ccccc3Cl)c(N)s2)cc1. The average molecular weight is 454 g/mol. The van der Waals surface area contributed by atoms with Crippen molar-refractivity contribution in [2.75, 3.05) is 5.73 Å². The monoisotopic (exact) mass is 453 g/mol. The Hall–Kier alpha value is -2.10. The van der Waals surface area contributed by atoms with Gasteiger partial charge in [0.15, 0.2) is 5.78 Å². The van der Waals surface area contributed by atoms with E-state index in [0.717, 1.165) is 17.7 Å². The Morgan fingerprint density at radius 3 is 2.19 bits per heavy atom. The van der Waals surface area contributed by atoms with E-state index in [0.29, 0.717) is 21.2 Å². The Labute approximate surface area is 195 Å². The van der Waals surface area contributed by atoms with E-state index in [2.05, 4.69) is 31.2 Å². The fraction of sp³-hybridized carbons (Fsp3) is 0.370. The third-order valence-corrected chi connectivity index (χ3v) is 7.03. The molecule has 1 aromatic heterocycles. The maximum absolute atomic E-state index is 12.8. The van der Waals surface area contributed by atoms with Crippen LogP contribution in [0.1, 0.15) is 77.4 Å². The number of hydrogen-bond acceptors (Lipinski definition) is 3. The minimum Gasteiger partial charge on any atom is -0.390 e. The maximum Gasteiger partial charge on any atom is 0.197 e. The van der Waals surface area contributed by atoms with Gasteiger partial charge in [0.1, 0.15) is 0 Å². The molecule has 4 heteroatoms. The van der Waals surface area contributed by atoms with Gasteiger partial charge in [-0.15, -0.1) is 11.3 Å². The summed E-state index contributed by atoms with van der Waals surface area (Å²) in [5.74, 6) is -0.107. The molecule has 0 unspecified atom stereocenters. The molecule has 0 aliphatic rings. The Morgan fingerprint density at radius 1 is 0.839 bits per heavy atom. The largest absolute Gasteiger partial charge is 0.390 e. The molecule has 1 heterocycles. The Morgan fingerprint density at radius 2 is 1.48 bits per heavy atom. The van der Waals surface area contributed by atoms with Gasteiger partial charge in [-0.3, -0.25) is 4.79 Å². The van der Waals surface area contributed by atoms with E-state index in [1.807, 2.05) is 18.2 Å². The molecule has 164 valence electrons. The maximum atomic E-state index is 12.8. The van der Waals surface area contributed by atoms with Crippen LogP contribution in [0.2, 0.25) is 5.02 Å². The predicted molar refractivity (Wildman–Crippen MR) is 135 cm³/mol. The van der Waals surface area contributed by atoms with Crippen LogP contribution >= 0.6 is 22.9 Å². The van der Waals surface area contributed by atoms with Crippen molar-refractivity contribution >= 4 is 33.7 Å². The molecule has 0 radical (unpaired) electrons. The highest BCUT2D eigenvalue weighted by molar-refractivity contribution is 7.16. The summed E-state index contributed by atoms with van der Waals surface area (Å²) in [6, 6.07) is 18.0. The van der Waals surface area contributed by atoms with Crippen LogP contribution in [-0.4, -0.2) is 5.78 Å². The van der Waals surface area contributed by atoms with Crippen LogP contribution in [0.15, 0.2) is 54.6 Å². The zero-order valence-corrected chi connectivity index (χ0v) is 19.9. The lowest BCUT2D eigenvalue weighted by molar-refractivity contribution is 0.104. The van der Waals surface area contributed by atoms with Crippen LogP contribution in [0, 0.1) is 0 Å². The first-order chi connectivity index (χ1) is 15.1. The van der Waals surface area contributed by atoms with Crippen LogP contribution in [0.25, 0.3) is 0 Å². The van der Waals surface area contributed by atoms with Crippen molar-refractivity contribution < 1.29 is 4.79 Å². The van der Waals surface area contributed by atoms with Gasteiger partial charge >= 0.3 is 0 Å². The lowest BCUT2D eigenvalue weighted by atomic mass is 10.0. The van der Waals surface area contributed by atoms with Gasteiger partial charge in [-0.25, -0.2) is 0 Å². The number of nitrogen functional groups attached to an aromatic ring is 1. The zero-order chi connectivity index (χ0) is 22.1. The lowest BCUT2D eigenvalue weighted by Gasteiger charge is -2.04. The number of rotatable bonds is 12. The first kappa shape index (κ1) is 23.6. The van der Waals surface area contributed by atoms with E-state index in [9.17, 15) is 4.79 Å². The fourth-order valence-electron chi connectivity index (χ4n) is 3.80. The molecule has 0 atom stereocenters. The van der Waals surface area contributed by atoms with Crippen molar-refractivity contribution in [1.29, 1.82) is 0 Å². The number of nitrogens with two attached hydrogens (primary N) is 1. The van der Waals surface area contributed by atoms with Gasteiger partial charge in [-0.05, 0) is 55.0 Å². The summed E-state index contributed by atoms with van der Waals surface area (Å²) in [7, 11) is 0. The minimum atomic E-state index is -0.107. The van der Waals surface area contributed by atoms with Crippen LogP contribution in [0.3, 0.4) is 0 Å². The molecule has 0 aliphatic heterocycles. The smallest absolute Gasteiger partial charge is 0.197 e. The first-order valence-electron chi connectivity index (χ1n) is 11.3. The van der Waals surface area contributed by atoms with Gasteiger partial charge in [0, 0.05) is 10.4 Å². The fourth-order valence-corrected chi connectivity index (χ4v) is 4.94. The number of anilines is 1. The van der Waals surface area contributed by atoms with Crippen LogP contribution < -0.4 is 5.73 Å². The molecule has 2 N–H and O–H groups in total. The molecule has 0 spiro atoms. The standard InChI is InChI=1S/C27H32ClNOS/c1-2-3-4-5-6-7-10-20-13-15-21(16-14-20)17-18-22-19-24(27(29)31-22)26(30)23-11-8-9-12-25(23)28/h8-9,11-16,19H,2-7,10,17-18,29H2,1H3. The molecule has 0 saturated carbocycles. The van der Waals surface area contributed by atoms with Gasteiger partial charge in [0.05, 0.1) is 15.6 Å². The first-order valence-corrected chi connectivity index (χ1v) is 12.5. The molecule has 0 aliphatic carbocycles. The van der Waals surface area contributed by atoms with E-state index < -0.39 is 0 Å². The zero-order valence-electron chi connectivity index (χ0n) is 18.3. The van der Waals surface area contributed by atoms with Gasteiger partial charge in [-0.1, -0.05) is 87.0 Å². The summed E-state index contributed by atoms with van der Waals surface area (Å²) in [4.78, 5) is 13.9. The number of unbranched alkanes of at least 4 members (excludes halogenated alkanes) is 5. The van der Waals surface area contributed by atoms with E-state index in [4.69, 9.17) is 17.3 Å². The van der Waals surface area contributed by atoms with Gasteiger partial charge < -0.3 is 5.73 Å². The van der Waals surface area contributed by atoms with Crippen molar-refractivity contribution in [2.24, 2.45) is 0 Å². The van der Waals surface area contributed by atoms with Crippen LogP contribution in [0.4, 0.5) is 5.00 Å². The summed E-state index contributed by atoms with van der Waals surface area (Å²) < 4.78 is 0. The average Bonchev–Trinajstić information content (AvgIpc) is 3.16. The second-order valence-corrected chi connectivity index (χ2v) is 9.71. The summed E-state index contributed by atoms with van der Waals surface area (Å²) in [6.45, 7) is 2.26. The third kappa shape index (κ3) is 6.95. The molecule has 3 aromatic rings. The molecule has 2 nitrogen and oxygen atoms in total. The van der Waals surface area contributed by atoms with E-state index in [1.165, 1.54) is 67.4 Å². The molecule has 0 fully saturated rings. The van der Waals surface area contributed by atoms with Crippen molar-refractivity contribution in [3.63, 3.8) is 0 Å². The molecule has 2 aromatic carbocycles. The predicted octanol–water partition coefficient (Wildman–Crippen LogP) is 7.90. The van der Waals surface area contributed by atoms with Gasteiger partial charge in [0.25, 0.3) is 0 Å². The third-order valence-electron chi connectivity index (χ3n) is 5.68. The number of carbonyl (C=O) groups is 1. The van der Waals surface area contributed by atoms with Crippen molar-refractivity contribution in [2.45, 2.75) is 64.7 Å². The topological polar surface area (TPSA) is 43.1 Å².